The normalized spacial score (nSPS) is 20.2. The second-order valence-electron chi connectivity index (χ2n) is 4.27. The first-order valence-electron chi connectivity index (χ1n) is 5.75. The zero-order valence-corrected chi connectivity index (χ0v) is 10.5. The van der Waals surface area contributed by atoms with Gasteiger partial charge in [0, 0.05) is 33.7 Å². The Bertz CT molecular complexity index is 549. The van der Waals surface area contributed by atoms with Crippen LogP contribution >= 0.6 is 0 Å². The topological polar surface area (TPSA) is 95.4 Å². The molecule has 1 aromatic rings. The van der Waals surface area contributed by atoms with Crippen molar-refractivity contribution >= 4 is 5.82 Å². The van der Waals surface area contributed by atoms with Crippen molar-refractivity contribution < 1.29 is 4.74 Å². The van der Waals surface area contributed by atoms with Gasteiger partial charge in [-0.2, -0.15) is 0 Å². The van der Waals surface area contributed by atoms with Gasteiger partial charge in [-0.15, -0.1) is 5.10 Å². The molecule has 18 heavy (non-hydrogen) atoms. The van der Waals surface area contributed by atoms with Crippen LogP contribution in [0.2, 0.25) is 0 Å². The van der Waals surface area contributed by atoms with Crippen LogP contribution in [0.15, 0.2) is 9.59 Å². The van der Waals surface area contributed by atoms with Gasteiger partial charge in [0.15, 0.2) is 0 Å². The summed E-state index contributed by atoms with van der Waals surface area (Å²) >= 11 is 0. The summed E-state index contributed by atoms with van der Waals surface area (Å²) < 4.78 is 7.64. The number of rotatable bonds is 2. The SMILES string of the molecule is Cn1nc(N2CCOC(CN)C2)c(=O)n(C)c1=O. The van der Waals surface area contributed by atoms with Gasteiger partial charge in [0.05, 0.1) is 12.7 Å². The van der Waals surface area contributed by atoms with E-state index in [1.807, 2.05) is 4.90 Å². The van der Waals surface area contributed by atoms with Crippen molar-refractivity contribution in [3.05, 3.63) is 20.8 Å². The molecule has 0 spiro atoms. The summed E-state index contributed by atoms with van der Waals surface area (Å²) in [5, 5.41) is 4.03. The Kier molecular flexibility index (Phi) is 3.48. The third kappa shape index (κ3) is 2.16. The molecule has 1 aliphatic heterocycles. The standard InChI is InChI=1S/C10H17N5O3/c1-13-9(16)8(12-14(2)10(13)17)15-3-4-18-7(5-11)6-15/h7H,3-6,11H2,1-2H3. The molecule has 0 amide bonds. The Morgan fingerprint density at radius 1 is 1.44 bits per heavy atom. The predicted octanol–water partition coefficient (Wildman–Crippen LogP) is -2.36. The Balaban J connectivity index is 2.39. The molecule has 1 atom stereocenters. The number of nitrogens with two attached hydrogens (primary N) is 1. The molecule has 1 aliphatic rings. The lowest BCUT2D eigenvalue weighted by molar-refractivity contribution is 0.0460. The maximum atomic E-state index is 12.0. The Labute approximate surface area is 104 Å². The fraction of sp³-hybridized carbons (Fsp3) is 0.700. The first-order chi connectivity index (χ1) is 8.54. The minimum absolute atomic E-state index is 0.109. The predicted molar refractivity (Wildman–Crippen MR) is 65.7 cm³/mol. The summed E-state index contributed by atoms with van der Waals surface area (Å²) in [6.07, 6.45) is -0.109. The van der Waals surface area contributed by atoms with Gasteiger partial charge in [0.25, 0.3) is 5.56 Å². The van der Waals surface area contributed by atoms with Gasteiger partial charge < -0.3 is 15.4 Å². The van der Waals surface area contributed by atoms with Crippen LogP contribution in [-0.2, 0) is 18.8 Å². The highest BCUT2D eigenvalue weighted by atomic mass is 16.5. The average Bonchev–Trinajstić information content (AvgIpc) is 2.40. The first-order valence-corrected chi connectivity index (χ1v) is 5.75. The zero-order valence-electron chi connectivity index (χ0n) is 10.5. The fourth-order valence-corrected chi connectivity index (χ4v) is 1.93. The quantitative estimate of drug-likeness (QED) is 0.635. The van der Waals surface area contributed by atoms with E-state index in [4.69, 9.17) is 10.5 Å². The third-order valence-corrected chi connectivity index (χ3v) is 3.01. The van der Waals surface area contributed by atoms with E-state index in [2.05, 4.69) is 5.10 Å². The van der Waals surface area contributed by atoms with Gasteiger partial charge in [-0.3, -0.25) is 9.36 Å². The molecule has 2 rings (SSSR count). The number of nitrogens with zero attached hydrogens (tertiary/aromatic N) is 4. The van der Waals surface area contributed by atoms with E-state index in [1.54, 1.807) is 0 Å². The van der Waals surface area contributed by atoms with E-state index in [0.29, 0.717) is 26.2 Å². The minimum Gasteiger partial charge on any atom is -0.373 e. The number of aryl methyl sites for hydroxylation is 1. The molecule has 1 fully saturated rings. The van der Waals surface area contributed by atoms with Crippen LogP contribution in [-0.4, -0.2) is 46.7 Å². The van der Waals surface area contributed by atoms with Crippen molar-refractivity contribution in [1.82, 2.24) is 14.3 Å². The monoisotopic (exact) mass is 255 g/mol. The van der Waals surface area contributed by atoms with Crippen molar-refractivity contribution in [3.8, 4) is 0 Å². The number of anilines is 1. The molecule has 0 aliphatic carbocycles. The van der Waals surface area contributed by atoms with Gasteiger partial charge in [0.1, 0.15) is 0 Å². The van der Waals surface area contributed by atoms with Crippen molar-refractivity contribution in [2.45, 2.75) is 6.10 Å². The molecule has 2 N–H and O–H groups in total. The Hall–Kier alpha value is -1.67. The fourth-order valence-electron chi connectivity index (χ4n) is 1.93. The molecule has 1 aromatic heterocycles. The largest absolute Gasteiger partial charge is 0.373 e. The highest BCUT2D eigenvalue weighted by molar-refractivity contribution is 5.35. The maximum Gasteiger partial charge on any atom is 0.346 e. The summed E-state index contributed by atoms with van der Waals surface area (Å²) in [5.74, 6) is 0.265. The van der Waals surface area contributed by atoms with Gasteiger partial charge in [0.2, 0.25) is 5.82 Å². The lowest BCUT2D eigenvalue weighted by atomic mass is 10.3. The van der Waals surface area contributed by atoms with Crippen LogP contribution in [0.1, 0.15) is 0 Å². The van der Waals surface area contributed by atoms with Crippen molar-refractivity contribution in [2.75, 3.05) is 31.1 Å². The van der Waals surface area contributed by atoms with Crippen LogP contribution in [0.3, 0.4) is 0 Å². The van der Waals surface area contributed by atoms with E-state index in [9.17, 15) is 9.59 Å². The second-order valence-corrected chi connectivity index (χ2v) is 4.27. The zero-order chi connectivity index (χ0) is 13.3. The van der Waals surface area contributed by atoms with Crippen LogP contribution < -0.4 is 21.9 Å². The van der Waals surface area contributed by atoms with E-state index in [-0.39, 0.29) is 11.9 Å². The van der Waals surface area contributed by atoms with E-state index >= 15 is 0 Å². The summed E-state index contributed by atoms with van der Waals surface area (Å²) in [6.45, 7) is 1.96. The summed E-state index contributed by atoms with van der Waals surface area (Å²) in [4.78, 5) is 25.4. The van der Waals surface area contributed by atoms with E-state index in [0.717, 1.165) is 9.25 Å². The van der Waals surface area contributed by atoms with Crippen LogP contribution in [0, 0.1) is 0 Å². The summed E-state index contributed by atoms with van der Waals surface area (Å²) in [7, 11) is 2.96. The van der Waals surface area contributed by atoms with E-state index < -0.39 is 11.2 Å². The lowest BCUT2D eigenvalue weighted by Gasteiger charge is -2.32. The van der Waals surface area contributed by atoms with Crippen LogP contribution in [0.5, 0.6) is 0 Å². The van der Waals surface area contributed by atoms with Crippen molar-refractivity contribution in [1.29, 1.82) is 0 Å². The first kappa shape index (κ1) is 12.8. The molecular formula is C10H17N5O3. The minimum atomic E-state index is -0.438. The molecule has 0 saturated carbocycles. The molecule has 0 aromatic carbocycles. The smallest absolute Gasteiger partial charge is 0.346 e. The molecule has 0 bridgehead atoms. The molecule has 1 unspecified atom stereocenters. The number of aromatic nitrogens is 3. The Morgan fingerprint density at radius 3 is 2.83 bits per heavy atom. The van der Waals surface area contributed by atoms with Crippen molar-refractivity contribution in [3.63, 3.8) is 0 Å². The van der Waals surface area contributed by atoms with E-state index in [1.165, 1.54) is 14.1 Å². The highest BCUT2D eigenvalue weighted by Crippen LogP contribution is 2.09. The molecule has 2 heterocycles. The molecule has 0 radical (unpaired) electrons. The lowest BCUT2D eigenvalue weighted by Crippen LogP contribution is -2.50. The number of morpholine rings is 1. The average molecular weight is 255 g/mol. The van der Waals surface area contributed by atoms with Crippen molar-refractivity contribution in [2.24, 2.45) is 19.8 Å². The second kappa shape index (κ2) is 4.91. The maximum absolute atomic E-state index is 12.0. The highest BCUT2D eigenvalue weighted by Gasteiger charge is 2.23. The summed E-state index contributed by atoms with van der Waals surface area (Å²) in [5.41, 5.74) is 4.72. The van der Waals surface area contributed by atoms with Gasteiger partial charge in [-0.25, -0.2) is 9.48 Å². The molecule has 8 nitrogen and oxygen atoms in total. The van der Waals surface area contributed by atoms with Crippen LogP contribution in [0.25, 0.3) is 0 Å². The number of hydrogen-bond donors (Lipinski definition) is 1. The number of hydrogen-bond acceptors (Lipinski definition) is 6. The Morgan fingerprint density at radius 2 is 2.17 bits per heavy atom. The van der Waals surface area contributed by atoms with Gasteiger partial charge in [-0.1, -0.05) is 0 Å². The van der Waals surface area contributed by atoms with Gasteiger partial charge in [-0.05, 0) is 0 Å². The van der Waals surface area contributed by atoms with Crippen LogP contribution in [0.4, 0.5) is 5.82 Å². The number of ether oxygens (including phenoxy) is 1. The molecule has 1 saturated heterocycles. The van der Waals surface area contributed by atoms with Gasteiger partial charge >= 0.3 is 5.69 Å². The molecule has 100 valence electrons. The third-order valence-electron chi connectivity index (χ3n) is 3.01. The molecular weight excluding hydrogens is 238 g/mol. The molecule has 8 heteroatoms. The summed E-state index contributed by atoms with van der Waals surface area (Å²) in [6, 6.07) is 0.